The van der Waals surface area contributed by atoms with Crippen LogP contribution in [0.4, 0.5) is 0 Å². The van der Waals surface area contributed by atoms with Crippen LogP contribution in [0, 0.1) is 17.8 Å². The van der Waals surface area contributed by atoms with E-state index in [1.54, 1.807) is 0 Å². The molecule has 2 N–H and O–H groups in total. The highest BCUT2D eigenvalue weighted by Gasteiger charge is 2.42. The zero-order valence-corrected chi connectivity index (χ0v) is 9.65. The number of aliphatic carboxylic acids is 1. The molecule has 1 aliphatic carbocycles. The van der Waals surface area contributed by atoms with E-state index >= 15 is 0 Å². The molecule has 0 aromatic heterocycles. The number of hydrogen-bond donors (Lipinski definition) is 2. The van der Waals surface area contributed by atoms with Crippen molar-refractivity contribution >= 4 is 5.97 Å². The van der Waals surface area contributed by atoms with Crippen molar-refractivity contribution in [2.24, 2.45) is 17.8 Å². The van der Waals surface area contributed by atoms with Crippen molar-refractivity contribution in [3.05, 3.63) is 0 Å². The van der Waals surface area contributed by atoms with Gasteiger partial charge in [-0.05, 0) is 50.6 Å². The molecule has 4 heteroatoms. The molecule has 92 valence electrons. The van der Waals surface area contributed by atoms with Crippen LogP contribution in [-0.2, 0) is 9.53 Å². The lowest BCUT2D eigenvalue weighted by molar-refractivity contribution is -0.138. The van der Waals surface area contributed by atoms with E-state index in [1.807, 2.05) is 0 Å². The SMILES string of the molecule is O=C(O)C1CC1CNCCC1CCOCC1. The molecule has 16 heavy (non-hydrogen) atoms. The summed E-state index contributed by atoms with van der Waals surface area (Å²) in [6.45, 7) is 3.72. The van der Waals surface area contributed by atoms with Crippen molar-refractivity contribution in [1.82, 2.24) is 5.32 Å². The summed E-state index contributed by atoms with van der Waals surface area (Å²) in [4.78, 5) is 10.6. The van der Waals surface area contributed by atoms with Gasteiger partial charge in [0, 0.05) is 13.2 Å². The Hall–Kier alpha value is -0.610. The Morgan fingerprint density at radius 2 is 2.12 bits per heavy atom. The molecule has 4 nitrogen and oxygen atoms in total. The molecular formula is C12H21NO3. The average molecular weight is 227 g/mol. The summed E-state index contributed by atoms with van der Waals surface area (Å²) in [5.74, 6) is 0.481. The first kappa shape index (κ1) is 11.9. The van der Waals surface area contributed by atoms with Crippen molar-refractivity contribution in [3.8, 4) is 0 Å². The number of carbonyl (C=O) groups is 1. The molecule has 0 bridgehead atoms. The van der Waals surface area contributed by atoms with Crippen LogP contribution in [-0.4, -0.2) is 37.4 Å². The molecule has 1 heterocycles. The normalized spacial score (nSPS) is 30.2. The second kappa shape index (κ2) is 5.64. The van der Waals surface area contributed by atoms with E-state index < -0.39 is 5.97 Å². The molecule has 1 aliphatic heterocycles. The molecule has 1 saturated carbocycles. The van der Waals surface area contributed by atoms with Crippen LogP contribution >= 0.6 is 0 Å². The summed E-state index contributed by atoms with van der Waals surface area (Å²) in [6.07, 6.45) is 4.43. The van der Waals surface area contributed by atoms with Gasteiger partial charge in [0.2, 0.25) is 0 Å². The monoisotopic (exact) mass is 227 g/mol. The zero-order chi connectivity index (χ0) is 11.4. The van der Waals surface area contributed by atoms with Crippen molar-refractivity contribution < 1.29 is 14.6 Å². The van der Waals surface area contributed by atoms with E-state index in [0.29, 0.717) is 5.92 Å². The van der Waals surface area contributed by atoms with E-state index in [1.165, 1.54) is 19.3 Å². The van der Waals surface area contributed by atoms with Crippen LogP contribution in [0.15, 0.2) is 0 Å². The van der Waals surface area contributed by atoms with Gasteiger partial charge in [-0.1, -0.05) is 0 Å². The highest BCUT2D eigenvalue weighted by atomic mass is 16.5. The lowest BCUT2D eigenvalue weighted by Crippen LogP contribution is -2.24. The zero-order valence-electron chi connectivity index (χ0n) is 9.65. The predicted molar refractivity (Wildman–Crippen MR) is 60.3 cm³/mol. The van der Waals surface area contributed by atoms with Crippen LogP contribution in [0.3, 0.4) is 0 Å². The molecule has 2 fully saturated rings. The summed E-state index contributed by atoms with van der Waals surface area (Å²) < 4.78 is 5.31. The summed E-state index contributed by atoms with van der Waals surface area (Å²) in [5, 5.41) is 12.1. The molecule has 2 atom stereocenters. The first-order valence-electron chi connectivity index (χ1n) is 6.28. The molecule has 0 aromatic carbocycles. The van der Waals surface area contributed by atoms with E-state index in [2.05, 4.69) is 5.32 Å². The van der Waals surface area contributed by atoms with E-state index in [4.69, 9.17) is 9.84 Å². The minimum absolute atomic E-state index is 0.0735. The number of carboxylic acid groups (broad SMARTS) is 1. The van der Waals surface area contributed by atoms with Gasteiger partial charge in [-0.15, -0.1) is 0 Å². The van der Waals surface area contributed by atoms with Crippen LogP contribution in [0.2, 0.25) is 0 Å². The van der Waals surface area contributed by atoms with Gasteiger partial charge in [0.15, 0.2) is 0 Å². The Kier molecular flexibility index (Phi) is 4.18. The first-order chi connectivity index (χ1) is 7.77. The maximum absolute atomic E-state index is 10.6. The summed E-state index contributed by atoms with van der Waals surface area (Å²) in [6, 6.07) is 0. The highest BCUT2D eigenvalue weighted by Crippen LogP contribution is 2.37. The second-order valence-electron chi connectivity index (χ2n) is 4.99. The van der Waals surface area contributed by atoms with Gasteiger partial charge in [0.05, 0.1) is 5.92 Å². The van der Waals surface area contributed by atoms with Gasteiger partial charge in [0.25, 0.3) is 0 Å². The van der Waals surface area contributed by atoms with Crippen molar-refractivity contribution in [2.45, 2.75) is 25.7 Å². The van der Waals surface area contributed by atoms with Gasteiger partial charge in [-0.3, -0.25) is 4.79 Å². The Morgan fingerprint density at radius 1 is 1.38 bits per heavy atom. The minimum Gasteiger partial charge on any atom is -0.481 e. The van der Waals surface area contributed by atoms with Crippen LogP contribution in [0.1, 0.15) is 25.7 Å². The largest absolute Gasteiger partial charge is 0.481 e. The Balaban J connectivity index is 1.48. The Bertz CT molecular complexity index is 238. The Morgan fingerprint density at radius 3 is 2.75 bits per heavy atom. The average Bonchev–Trinajstić information content (AvgIpc) is 3.05. The lowest BCUT2D eigenvalue weighted by Gasteiger charge is -2.21. The molecule has 2 aliphatic rings. The van der Waals surface area contributed by atoms with Crippen molar-refractivity contribution in [2.75, 3.05) is 26.3 Å². The van der Waals surface area contributed by atoms with Gasteiger partial charge >= 0.3 is 5.97 Å². The maximum atomic E-state index is 10.6. The topological polar surface area (TPSA) is 58.6 Å². The molecule has 1 saturated heterocycles. The fourth-order valence-corrected chi connectivity index (χ4v) is 2.40. The molecule has 2 rings (SSSR count). The molecule has 2 unspecified atom stereocenters. The molecule has 0 radical (unpaired) electrons. The molecular weight excluding hydrogens is 206 g/mol. The smallest absolute Gasteiger partial charge is 0.306 e. The van der Waals surface area contributed by atoms with Crippen molar-refractivity contribution in [1.29, 1.82) is 0 Å². The van der Waals surface area contributed by atoms with Gasteiger partial charge in [-0.25, -0.2) is 0 Å². The van der Waals surface area contributed by atoms with E-state index in [0.717, 1.165) is 38.6 Å². The fraction of sp³-hybridized carbons (Fsp3) is 0.917. The van der Waals surface area contributed by atoms with Crippen LogP contribution in [0.5, 0.6) is 0 Å². The number of hydrogen-bond acceptors (Lipinski definition) is 3. The van der Waals surface area contributed by atoms with E-state index in [-0.39, 0.29) is 5.92 Å². The third-order valence-electron chi connectivity index (χ3n) is 3.72. The van der Waals surface area contributed by atoms with Gasteiger partial charge in [-0.2, -0.15) is 0 Å². The predicted octanol–water partition coefficient (Wildman–Crippen LogP) is 1.11. The highest BCUT2D eigenvalue weighted by molar-refractivity contribution is 5.73. The summed E-state index contributed by atoms with van der Waals surface area (Å²) >= 11 is 0. The minimum atomic E-state index is -0.628. The van der Waals surface area contributed by atoms with Gasteiger partial charge < -0.3 is 15.2 Å². The number of rotatable bonds is 6. The number of nitrogens with one attached hydrogen (secondary N) is 1. The van der Waals surface area contributed by atoms with Crippen LogP contribution < -0.4 is 5.32 Å². The molecule has 0 aromatic rings. The number of ether oxygens (including phenoxy) is 1. The third-order valence-corrected chi connectivity index (χ3v) is 3.72. The van der Waals surface area contributed by atoms with E-state index in [9.17, 15) is 4.79 Å². The van der Waals surface area contributed by atoms with Gasteiger partial charge in [0.1, 0.15) is 0 Å². The van der Waals surface area contributed by atoms with Crippen molar-refractivity contribution in [3.63, 3.8) is 0 Å². The number of carboxylic acids is 1. The molecule has 0 spiro atoms. The summed E-state index contributed by atoms with van der Waals surface area (Å²) in [5.41, 5.74) is 0. The Labute approximate surface area is 96.4 Å². The quantitative estimate of drug-likeness (QED) is 0.667. The maximum Gasteiger partial charge on any atom is 0.306 e. The van der Waals surface area contributed by atoms with Crippen LogP contribution in [0.25, 0.3) is 0 Å². The fourth-order valence-electron chi connectivity index (χ4n) is 2.40. The summed E-state index contributed by atoms with van der Waals surface area (Å²) in [7, 11) is 0. The lowest BCUT2D eigenvalue weighted by atomic mass is 9.97. The first-order valence-corrected chi connectivity index (χ1v) is 6.28. The molecule has 0 amide bonds. The second-order valence-corrected chi connectivity index (χ2v) is 4.99. The third kappa shape index (κ3) is 3.46. The standard InChI is InChI=1S/C12H21NO3/c14-12(15)11-7-10(11)8-13-4-1-9-2-5-16-6-3-9/h9-11,13H,1-8H2,(H,14,15).